The fourth-order valence-electron chi connectivity index (χ4n) is 6.12. The maximum absolute atomic E-state index is 13.7. The number of carbonyl (C=O) groups excluding carboxylic acids is 3. The van der Waals surface area contributed by atoms with Crippen LogP contribution in [-0.4, -0.2) is 79.5 Å². The van der Waals surface area contributed by atoms with Crippen LogP contribution in [0.2, 0.25) is 0 Å². The SMILES string of the molecule is COCC(=O)N1CCC(N(CCc2ccccc2)C(=O)c2ccc(F)cc2)C[C@@H]1C(=O)NCC1CCC(CN)CC1. The lowest BCUT2D eigenvalue weighted by molar-refractivity contribution is -0.146. The summed E-state index contributed by atoms with van der Waals surface area (Å²) in [7, 11) is 1.46. The van der Waals surface area contributed by atoms with Crippen LogP contribution in [0.25, 0.3) is 0 Å². The molecule has 4 rings (SSSR count). The van der Waals surface area contributed by atoms with Crippen molar-refractivity contribution in [2.24, 2.45) is 17.6 Å². The van der Waals surface area contributed by atoms with E-state index in [1.165, 1.54) is 31.4 Å². The molecule has 2 aromatic carbocycles. The van der Waals surface area contributed by atoms with Gasteiger partial charge in [0, 0.05) is 38.3 Å². The number of amides is 3. The number of methoxy groups -OCH3 is 1. The smallest absolute Gasteiger partial charge is 0.254 e. The molecule has 8 nitrogen and oxygen atoms in total. The van der Waals surface area contributed by atoms with Crippen molar-refractivity contribution in [2.75, 3.05) is 39.9 Å². The summed E-state index contributed by atoms with van der Waals surface area (Å²) in [5, 5.41) is 3.12. The lowest BCUT2D eigenvalue weighted by atomic mass is 9.82. The minimum atomic E-state index is -0.711. The highest BCUT2D eigenvalue weighted by molar-refractivity contribution is 5.94. The number of nitrogens with one attached hydrogen (secondary N) is 1. The van der Waals surface area contributed by atoms with Gasteiger partial charge in [0.15, 0.2) is 0 Å². The van der Waals surface area contributed by atoms with Gasteiger partial charge in [-0.3, -0.25) is 14.4 Å². The molecule has 1 heterocycles. The van der Waals surface area contributed by atoms with Gasteiger partial charge in [0.25, 0.3) is 5.91 Å². The number of carbonyl (C=O) groups is 3. The third-order valence-electron chi connectivity index (χ3n) is 8.61. The molecule has 2 aromatic rings. The number of hydrogen-bond acceptors (Lipinski definition) is 5. The van der Waals surface area contributed by atoms with Crippen molar-refractivity contribution < 1.29 is 23.5 Å². The first-order valence-corrected chi connectivity index (χ1v) is 14.8. The summed E-state index contributed by atoms with van der Waals surface area (Å²) in [6, 6.07) is 14.5. The van der Waals surface area contributed by atoms with Crippen molar-refractivity contribution in [3.05, 3.63) is 71.5 Å². The Balaban J connectivity index is 1.50. The van der Waals surface area contributed by atoms with Crippen molar-refractivity contribution in [3.8, 4) is 0 Å². The molecule has 2 aliphatic rings. The van der Waals surface area contributed by atoms with Gasteiger partial charge in [0.05, 0.1) is 0 Å². The molecule has 1 unspecified atom stereocenters. The van der Waals surface area contributed by atoms with Gasteiger partial charge >= 0.3 is 0 Å². The van der Waals surface area contributed by atoms with Crippen LogP contribution in [0.1, 0.15) is 54.4 Å². The van der Waals surface area contributed by atoms with Crippen LogP contribution in [0.4, 0.5) is 4.39 Å². The van der Waals surface area contributed by atoms with Crippen LogP contribution in [0, 0.1) is 17.7 Å². The molecule has 2 fully saturated rings. The summed E-state index contributed by atoms with van der Waals surface area (Å²) in [4.78, 5) is 43.7. The summed E-state index contributed by atoms with van der Waals surface area (Å²) in [5.74, 6) is -0.1000. The Bertz CT molecular complexity index is 1140. The van der Waals surface area contributed by atoms with E-state index in [0.717, 1.165) is 31.2 Å². The van der Waals surface area contributed by atoms with Crippen LogP contribution in [0.3, 0.4) is 0 Å². The number of piperidine rings is 1. The third-order valence-corrected chi connectivity index (χ3v) is 8.61. The summed E-state index contributed by atoms with van der Waals surface area (Å²) in [5.41, 5.74) is 7.32. The first-order chi connectivity index (χ1) is 19.9. The van der Waals surface area contributed by atoms with Gasteiger partial charge in [-0.25, -0.2) is 4.39 Å². The second-order valence-electron chi connectivity index (χ2n) is 11.3. The molecule has 0 aromatic heterocycles. The van der Waals surface area contributed by atoms with Crippen LogP contribution >= 0.6 is 0 Å². The molecule has 1 aliphatic heterocycles. The van der Waals surface area contributed by atoms with Crippen LogP contribution in [0.15, 0.2) is 54.6 Å². The number of halogens is 1. The monoisotopic (exact) mass is 566 g/mol. The zero-order chi connectivity index (χ0) is 29.2. The standard InChI is InChI=1S/C32H43FN4O4/c1-41-22-30(38)37-18-16-28(19-29(37)31(39)35-21-25-9-7-24(20-34)8-10-25)36(17-15-23-5-3-2-4-6-23)32(40)26-11-13-27(33)14-12-26/h2-6,11-14,24-25,28-29H,7-10,15-22,34H2,1H3,(H,35,39)/t24?,25?,28?,29-/m1/s1. The Hall–Kier alpha value is -3.30. The quantitative estimate of drug-likeness (QED) is 0.434. The lowest BCUT2D eigenvalue weighted by Gasteiger charge is -2.43. The number of nitrogens with zero attached hydrogens (tertiary/aromatic N) is 2. The average Bonchev–Trinajstić information content (AvgIpc) is 3.01. The Morgan fingerprint density at radius 3 is 2.34 bits per heavy atom. The molecular formula is C32H43FN4O4. The first kappa shape index (κ1) is 30.7. The van der Waals surface area contributed by atoms with Gasteiger partial charge in [-0.1, -0.05) is 30.3 Å². The van der Waals surface area contributed by atoms with E-state index in [-0.39, 0.29) is 30.4 Å². The average molecular weight is 567 g/mol. The predicted molar refractivity (Wildman–Crippen MR) is 155 cm³/mol. The number of ether oxygens (including phenoxy) is 1. The lowest BCUT2D eigenvalue weighted by Crippen LogP contribution is -2.59. The van der Waals surface area contributed by atoms with Gasteiger partial charge in [-0.05, 0) is 93.2 Å². The van der Waals surface area contributed by atoms with Gasteiger partial charge in [-0.15, -0.1) is 0 Å². The molecule has 1 aliphatic carbocycles. The van der Waals surface area contributed by atoms with E-state index in [1.54, 1.807) is 9.80 Å². The van der Waals surface area contributed by atoms with Crippen molar-refractivity contribution in [1.82, 2.24) is 15.1 Å². The van der Waals surface area contributed by atoms with Crippen molar-refractivity contribution in [3.63, 3.8) is 0 Å². The zero-order valence-corrected chi connectivity index (χ0v) is 24.0. The van der Waals surface area contributed by atoms with E-state index in [2.05, 4.69) is 5.32 Å². The minimum Gasteiger partial charge on any atom is -0.375 e. The molecule has 1 saturated heterocycles. The second-order valence-corrected chi connectivity index (χ2v) is 11.3. The molecule has 9 heteroatoms. The molecule has 1 saturated carbocycles. The van der Waals surface area contributed by atoms with Crippen molar-refractivity contribution >= 4 is 17.7 Å². The Morgan fingerprint density at radius 1 is 1.00 bits per heavy atom. The highest BCUT2D eigenvalue weighted by atomic mass is 19.1. The van der Waals surface area contributed by atoms with E-state index in [9.17, 15) is 18.8 Å². The summed E-state index contributed by atoms with van der Waals surface area (Å²) < 4.78 is 18.7. The molecule has 3 N–H and O–H groups in total. The summed E-state index contributed by atoms with van der Waals surface area (Å²) >= 11 is 0. The van der Waals surface area contributed by atoms with Crippen LogP contribution < -0.4 is 11.1 Å². The Labute approximate surface area is 242 Å². The Morgan fingerprint density at radius 2 is 1.68 bits per heavy atom. The molecule has 2 atom stereocenters. The highest BCUT2D eigenvalue weighted by Gasteiger charge is 2.39. The third kappa shape index (κ3) is 8.36. The van der Waals surface area contributed by atoms with Gasteiger partial charge in [0.2, 0.25) is 11.8 Å². The zero-order valence-electron chi connectivity index (χ0n) is 24.0. The topological polar surface area (TPSA) is 105 Å². The molecule has 0 radical (unpaired) electrons. The number of nitrogens with two attached hydrogens (primary N) is 1. The highest BCUT2D eigenvalue weighted by Crippen LogP contribution is 2.28. The second kappa shape index (κ2) is 15.1. The van der Waals surface area contributed by atoms with Crippen molar-refractivity contribution in [1.29, 1.82) is 0 Å². The maximum atomic E-state index is 13.7. The van der Waals surface area contributed by atoms with Gasteiger partial charge in [-0.2, -0.15) is 0 Å². The number of hydrogen-bond donors (Lipinski definition) is 2. The number of likely N-dealkylation sites (tertiary alicyclic amines) is 1. The molecule has 41 heavy (non-hydrogen) atoms. The maximum Gasteiger partial charge on any atom is 0.254 e. The first-order valence-electron chi connectivity index (χ1n) is 14.8. The van der Waals surface area contributed by atoms with E-state index in [1.807, 2.05) is 30.3 Å². The predicted octanol–water partition coefficient (Wildman–Crippen LogP) is 3.40. The molecule has 222 valence electrons. The fraction of sp³-hybridized carbons (Fsp3) is 0.531. The van der Waals surface area contributed by atoms with Crippen LogP contribution in [-0.2, 0) is 20.7 Å². The normalized spacial score (nSPS) is 22.7. The summed E-state index contributed by atoms with van der Waals surface area (Å²) in [6.45, 7) is 1.94. The van der Waals surface area contributed by atoms with E-state index < -0.39 is 11.9 Å². The van der Waals surface area contributed by atoms with Crippen LogP contribution in [0.5, 0.6) is 0 Å². The minimum absolute atomic E-state index is 0.107. The van der Waals surface area contributed by atoms with Gasteiger partial charge < -0.3 is 25.6 Å². The van der Waals surface area contributed by atoms with E-state index >= 15 is 0 Å². The Kier molecular flexibility index (Phi) is 11.3. The molecule has 0 spiro atoms. The number of benzene rings is 2. The molecule has 0 bridgehead atoms. The number of rotatable bonds is 11. The molecular weight excluding hydrogens is 523 g/mol. The van der Waals surface area contributed by atoms with E-state index in [4.69, 9.17) is 10.5 Å². The van der Waals surface area contributed by atoms with Gasteiger partial charge in [0.1, 0.15) is 18.5 Å². The largest absolute Gasteiger partial charge is 0.375 e. The summed E-state index contributed by atoms with van der Waals surface area (Å²) in [6.07, 6.45) is 5.69. The molecule has 3 amide bonds. The van der Waals surface area contributed by atoms with E-state index in [0.29, 0.717) is 62.8 Å². The fourth-order valence-corrected chi connectivity index (χ4v) is 6.12. The van der Waals surface area contributed by atoms with Crippen molar-refractivity contribution in [2.45, 2.75) is 57.0 Å².